The Morgan fingerprint density at radius 3 is 2.44 bits per heavy atom. The van der Waals surface area contributed by atoms with Gasteiger partial charge in [0.15, 0.2) is 0 Å². The summed E-state index contributed by atoms with van der Waals surface area (Å²) in [4.78, 5) is 2.39. The van der Waals surface area contributed by atoms with Crippen molar-refractivity contribution < 1.29 is 9.13 Å². The second-order valence-corrected chi connectivity index (χ2v) is 6.24. The van der Waals surface area contributed by atoms with E-state index in [1.807, 2.05) is 24.3 Å². The lowest BCUT2D eigenvalue weighted by atomic mass is 10.2. The fourth-order valence-electron chi connectivity index (χ4n) is 2.54. The minimum atomic E-state index is -0.346. The number of hydrogen-bond donors (Lipinski definition) is 1. The molecule has 0 saturated heterocycles. The number of benzene rings is 2. The van der Waals surface area contributed by atoms with Crippen LogP contribution in [-0.4, -0.2) is 31.1 Å². The summed E-state index contributed by atoms with van der Waals surface area (Å²) in [6.45, 7) is 9.47. The molecule has 3 nitrogen and oxygen atoms in total. The van der Waals surface area contributed by atoms with Crippen molar-refractivity contribution >= 4 is 11.6 Å². The monoisotopic (exact) mass is 364 g/mol. The first-order chi connectivity index (χ1) is 12.1. The lowest BCUT2D eigenvalue weighted by Gasteiger charge is -2.18. The van der Waals surface area contributed by atoms with Gasteiger partial charge in [-0.15, -0.1) is 0 Å². The first kappa shape index (κ1) is 19.7. The molecule has 0 aromatic heterocycles. The maximum atomic E-state index is 13.7. The number of ether oxygens (including phenoxy) is 1. The van der Waals surface area contributed by atoms with Crippen molar-refractivity contribution in [1.82, 2.24) is 10.2 Å². The van der Waals surface area contributed by atoms with Crippen LogP contribution < -0.4 is 10.1 Å². The van der Waals surface area contributed by atoms with E-state index < -0.39 is 0 Å². The minimum absolute atomic E-state index is 0.118. The summed E-state index contributed by atoms with van der Waals surface area (Å²) < 4.78 is 19.4. The zero-order chi connectivity index (χ0) is 18.1. The van der Waals surface area contributed by atoms with E-state index >= 15 is 0 Å². The SMILES string of the molecule is CCN(CC)CCNCc1ccc(OCc2c(F)cccc2Cl)cc1. The maximum absolute atomic E-state index is 13.7. The highest BCUT2D eigenvalue weighted by molar-refractivity contribution is 6.31. The fourth-order valence-corrected chi connectivity index (χ4v) is 2.76. The highest BCUT2D eigenvalue weighted by Crippen LogP contribution is 2.21. The largest absolute Gasteiger partial charge is 0.489 e. The fraction of sp³-hybridized carbons (Fsp3) is 0.400. The lowest BCUT2D eigenvalue weighted by molar-refractivity contribution is 0.299. The van der Waals surface area contributed by atoms with E-state index in [0.717, 1.165) is 32.7 Å². The molecule has 0 amide bonds. The van der Waals surface area contributed by atoms with E-state index in [2.05, 4.69) is 24.1 Å². The van der Waals surface area contributed by atoms with E-state index in [0.29, 0.717) is 16.3 Å². The van der Waals surface area contributed by atoms with Gasteiger partial charge in [0.2, 0.25) is 0 Å². The van der Waals surface area contributed by atoms with Crippen LogP contribution in [0.2, 0.25) is 5.02 Å². The molecule has 0 saturated carbocycles. The van der Waals surface area contributed by atoms with Crippen LogP contribution in [0.5, 0.6) is 5.75 Å². The van der Waals surface area contributed by atoms with Gasteiger partial charge in [-0.1, -0.05) is 43.6 Å². The Kier molecular flexibility index (Phi) is 8.19. The first-order valence-electron chi connectivity index (χ1n) is 8.71. The molecule has 5 heteroatoms. The topological polar surface area (TPSA) is 24.5 Å². The van der Waals surface area contributed by atoms with Gasteiger partial charge >= 0.3 is 0 Å². The van der Waals surface area contributed by atoms with E-state index in [4.69, 9.17) is 16.3 Å². The van der Waals surface area contributed by atoms with Gasteiger partial charge in [0.05, 0.1) is 5.02 Å². The van der Waals surface area contributed by atoms with Crippen molar-refractivity contribution in [3.8, 4) is 5.75 Å². The van der Waals surface area contributed by atoms with Crippen molar-refractivity contribution in [2.24, 2.45) is 0 Å². The third-order valence-corrected chi connectivity index (χ3v) is 4.55. The standard InChI is InChI=1S/C20H26ClFN2O/c1-3-24(4-2)13-12-23-14-16-8-10-17(11-9-16)25-15-18-19(21)6-5-7-20(18)22/h5-11,23H,3-4,12-15H2,1-2H3. The quantitative estimate of drug-likeness (QED) is 0.629. The zero-order valence-corrected chi connectivity index (χ0v) is 15.7. The highest BCUT2D eigenvalue weighted by atomic mass is 35.5. The molecule has 0 spiro atoms. The van der Waals surface area contributed by atoms with Gasteiger partial charge in [-0.2, -0.15) is 0 Å². The predicted octanol–water partition coefficient (Wildman–Crippen LogP) is 4.49. The molecular formula is C20H26ClFN2O. The average molecular weight is 365 g/mol. The predicted molar refractivity (Wildman–Crippen MR) is 102 cm³/mol. The number of rotatable bonds is 10. The van der Waals surface area contributed by atoms with Crippen molar-refractivity contribution in [3.63, 3.8) is 0 Å². The zero-order valence-electron chi connectivity index (χ0n) is 14.9. The molecule has 0 unspecified atom stereocenters. The van der Waals surface area contributed by atoms with Gasteiger partial charge < -0.3 is 15.0 Å². The second-order valence-electron chi connectivity index (χ2n) is 5.84. The van der Waals surface area contributed by atoms with Gasteiger partial charge in [0, 0.05) is 25.2 Å². The Bertz CT molecular complexity index is 624. The molecule has 2 aromatic carbocycles. The molecule has 2 rings (SSSR count). The van der Waals surface area contributed by atoms with E-state index in [-0.39, 0.29) is 12.4 Å². The summed E-state index contributed by atoms with van der Waals surface area (Å²) in [6.07, 6.45) is 0. The molecule has 0 atom stereocenters. The number of nitrogens with zero attached hydrogens (tertiary/aromatic N) is 1. The third kappa shape index (κ3) is 6.31. The van der Waals surface area contributed by atoms with Gasteiger partial charge in [-0.3, -0.25) is 0 Å². The summed E-state index contributed by atoms with van der Waals surface area (Å²) in [5, 5.41) is 3.83. The van der Waals surface area contributed by atoms with E-state index in [1.54, 1.807) is 12.1 Å². The Labute approximate surface area is 154 Å². The van der Waals surface area contributed by atoms with Crippen LogP contribution >= 0.6 is 11.6 Å². The van der Waals surface area contributed by atoms with E-state index in [9.17, 15) is 4.39 Å². The van der Waals surface area contributed by atoms with Gasteiger partial charge in [-0.25, -0.2) is 4.39 Å². The molecular weight excluding hydrogens is 339 g/mol. The summed E-state index contributed by atoms with van der Waals surface area (Å²) in [6, 6.07) is 12.5. The molecule has 0 radical (unpaired) electrons. The molecule has 0 aliphatic rings. The van der Waals surface area contributed by atoms with Crippen molar-refractivity contribution in [1.29, 1.82) is 0 Å². The maximum Gasteiger partial charge on any atom is 0.131 e. The third-order valence-electron chi connectivity index (χ3n) is 4.20. The van der Waals surface area contributed by atoms with Crippen LogP contribution in [0.15, 0.2) is 42.5 Å². The Hall–Kier alpha value is -1.62. The van der Waals surface area contributed by atoms with Crippen molar-refractivity contribution in [2.75, 3.05) is 26.2 Å². The molecule has 0 fully saturated rings. The summed E-state index contributed by atoms with van der Waals surface area (Å²) in [7, 11) is 0. The molecule has 0 heterocycles. The van der Waals surface area contributed by atoms with E-state index in [1.165, 1.54) is 11.6 Å². The van der Waals surface area contributed by atoms with Gasteiger partial charge in [-0.05, 0) is 42.9 Å². The Balaban J connectivity index is 1.78. The molecule has 2 aromatic rings. The van der Waals surface area contributed by atoms with Crippen molar-refractivity contribution in [2.45, 2.75) is 27.0 Å². The van der Waals surface area contributed by atoms with Crippen LogP contribution in [0.25, 0.3) is 0 Å². The minimum Gasteiger partial charge on any atom is -0.489 e. The Morgan fingerprint density at radius 1 is 1.08 bits per heavy atom. The average Bonchev–Trinajstić information content (AvgIpc) is 2.62. The highest BCUT2D eigenvalue weighted by Gasteiger charge is 2.07. The summed E-state index contributed by atoms with van der Waals surface area (Å²) in [5.41, 5.74) is 1.57. The Morgan fingerprint density at radius 2 is 1.80 bits per heavy atom. The molecule has 0 aliphatic heterocycles. The van der Waals surface area contributed by atoms with Crippen LogP contribution in [-0.2, 0) is 13.2 Å². The molecule has 0 bridgehead atoms. The number of nitrogens with one attached hydrogen (secondary N) is 1. The number of halogens is 2. The normalized spacial score (nSPS) is 11.1. The second kappa shape index (κ2) is 10.4. The number of likely N-dealkylation sites (N-methyl/N-ethyl adjacent to an activating group) is 1. The van der Waals surface area contributed by atoms with Crippen LogP contribution in [0.4, 0.5) is 4.39 Å². The molecule has 0 aliphatic carbocycles. The van der Waals surface area contributed by atoms with Crippen molar-refractivity contribution in [3.05, 3.63) is 64.4 Å². The van der Waals surface area contributed by atoms with Crippen LogP contribution in [0, 0.1) is 5.82 Å². The summed E-state index contributed by atoms with van der Waals surface area (Å²) >= 11 is 6.00. The molecule has 136 valence electrons. The molecule has 25 heavy (non-hydrogen) atoms. The first-order valence-corrected chi connectivity index (χ1v) is 9.09. The molecule has 1 N–H and O–H groups in total. The van der Waals surface area contributed by atoms with Crippen LogP contribution in [0.1, 0.15) is 25.0 Å². The summed E-state index contributed by atoms with van der Waals surface area (Å²) in [5.74, 6) is 0.354. The van der Waals surface area contributed by atoms with Gasteiger partial charge in [0.1, 0.15) is 18.2 Å². The number of hydrogen-bond acceptors (Lipinski definition) is 3. The van der Waals surface area contributed by atoms with Crippen LogP contribution in [0.3, 0.4) is 0 Å². The van der Waals surface area contributed by atoms with Gasteiger partial charge in [0.25, 0.3) is 0 Å². The lowest BCUT2D eigenvalue weighted by Crippen LogP contribution is -2.31. The smallest absolute Gasteiger partial charge is 0.131 e.